The molecule has 3 N–H and O–H groups in total. The number of alkyl halides is 3. The molecule has 0 fully saturated rings. The molecule has 0 aliphatic rings. The zero-order valence-electron chi connectivity index (χ0n) is 10.8. The highest BCUT2D eigenvalue weighted by molar-refractivity contribution is 5.84. The van der Waals surface area contributed by atoms with Gasteiger partial charge in [0.05, 0.1) is 18.6 Å². The lowest BCUT2D eigenvalue weighted by Crippen LogP contribution is -2.54. The first-order chi connectivity index (χ1) is 8.21. The smallest absolute Gasteiger partial charge is 0.381 e. The van der Waals surface area contributed by atoms with Crippen LogP contribution in [0.3, 0.4) is 0 Å². The van der Waals surface area contributed by atoms with Gasteiger partial charge in [0.2, 0.25) is 5.91 Å². The summed E-state index contributed by atoms with van der Waals surface area (Å²) in [7, 11) is 0. The number of ether oxygens (including phenoxy) is 1. The lowest BCUT2D eigenvalue weighted by atomic mass is 9.97. The number of carbonyl (C=O) groups is 1. The highest BCUT2D eigenvalue weighted by atomic mass is 19.4. The lowest BCUT2D eigenvalue weighted by Gasteiger charge is -2.27. The van der Waals surface area contributed by atoms with Crippen LogP contribution in [0.4, 0.5) is 13.2 Å². The number of amides is 1. The first kappa shape index (κ1) is 17.2. The summed E-state index contributed by atoms with van der Waals surface area (Å²) in [6, 6.07) is 0. The second-order valence-corrected chi connectivity index (χ2v) is 4.35. The number of nitrogens with one attached hydrogen (secondary N) is 1. The summed E-state index contributed by atoms with van der Waals surface area (Å²) < 4.78 is 40.4. The maximum atomic E-state index is 11.8. The fraction of sp³-hybridized carbons (Fsp3) is 0.909. The molecule has 108 valence electrons. The van der Waals surface area contributed by atoms with Crippen molar-refractivity contribution in [2.24, 2.45) is 5.73 Å². The Labute approximate surface area is 105 Å². The largest absolute Gasteiger partial charge is 0.391 e. The van der Waals surface area contributed by atoms with Crippen molar-refractivity contribution in [3.8, 4) is 0 Å². The minimum atomic E-state index is -4.21. The van der Waals surface area contributed by atoms with E-state index in [1.165, 1.54) is 0 Å². The second-order valence-electron chi connectivity index (χ2n) is 4.35. The average molecular weight is 270 g/mol. The van der Waals surface area contributed by atoms with Crippen LogP contribution >= 0.6 is 0 Å². The van der Waals surface area contributed by atoms with E-state index >= 15 is 0 Å². The van der Waals surface area contributed by atoms with Gasteiger partial charge in [0.25, 0.3) is 0 Å². The van der Waals surface area contributed by atoms with Crippen molar-refractivity contribution >= 4 is 5.91 Å². The molecule has 1 amide bonds. The summed E-state index contributed by atoms with van der Waals surface area (Å²) in [5.74, 6) is -0.532. The van der Waals surface area contributed by atoms with E-state index < -0.39 is 30.7 Å². The van der Waals surface area contributed by atoms with Crippen LogP contribution in [0.5, 0.6) is 0 Å². The molecule has 7 heteroatoms. The van der Waals surface area contributed by atoms with E-state index in [0.717, 1.165) is 6.42 Å². The Bertz CT molecular complexity index is 259. The van der Waals surface area contributed by atoms with Gasteiger partial charge in [0.15, 0.2) is 0 Å². The van der Waals surface area contributed by atoms with Gasteiger partial charge in [-0.3, -0.25) is 4.79 Å². The molecule has 0 aromatic rings. The van der Waals surface area contributed by atoms with Crippen LogP contribution in [0.25, 0.3) is 0 Å². The third-order valence-electron chi connectivity index (χ3n) is 2.59. The Morgan fingerprint density at radius 2 is 1.83 bits per heavy atom. The molecule has 18 heavy (non-hydrogen) atoms. The zero-order chi connectivity index (χ0) is 14.2. The molecule has 0 spiro atoms. The van der Waals surface area contributed by atoms with Crippen LogP contribution in [-0.4, -0.2) is 37.4 Å². The molecule has 0 radical (unpaired) electrons. The molecule has 0 bridgehead atoms. The van der Waals surface area contributed by atoms with Crippen molar-refractivity contribution in [2.75, 3.05) is 19.8 Å². The molecule has 0 saturated carbocycles. The zero-order valence-corrected chi connectivity index (χ0v) is 10.8. The number of primary amides is 1. The molecule has 1 unspecified atom stereocenters. The monoisotopic (exact) mass is 270 g/mol. The predicted octanol–water partition coefficient (Wildman–Crippen LogP) is 1.59. The van der Waals surface area contributed by atoms with E-state index in [1.807, 2.05) is 6.92 Å². The van der Waals surface area contributed by atoms with E-state index in [2.05, 4.69) is 5.32 Å². The predicted molar refractivity (Wildman–Crippen MR) is 62.0 cm³/mol. The molecule has 0 rings (SSSR count). The number of hydrogen-bond acceptors (Lipinski definition) is 3. The van der Waals surface area contributed by atoms with Crippen LogP contribution in [-0.2, 0) is 9.53 Å². The Hall–Kier alpha value is -0.820. The summed E-state index contributed by atoms with van der Waals surface area (Å²) in [5.41, 5.74) is 4.32. The van der Waals surface area contributed by atoms with Crippen LogP contribution < -0.4 is 11.1 Å². The SMILES string of the molecule is CCCNC(C)(CCOCCC(F)(F)F)C(N)=O. The molecule has 0 aromatic heterocycles. The van der Waals surface area contributed by atoms with E-state index in [4.69, 9.17) is 10.5 Å². The number of halogens is 3. The molecular formula is C11H21F3N2O2. The van der Waals surface area contributed by atoms with Crippen LogP contribution in [0.1, 0.15) is 33.1 Å². The van der Waals surface area contributed by atoms with Crippen molar-refractivity contribution in [3.63, 3.8) is 0 Å². The highest BCUT2D eigenvalue weighted by Crippen LogP contribution is 2.19. The number of nitrogens with two attached hydrogens (primary N) is 1. The van der Waals surface area contributed by atoms with E-state index in [1.54, 1.807) is 6.92 Å². The first-order valence-electron chi connectivity index (χ1n) is 5.90. The van der Waals surface area contributed by atoms with Crippen molar-refractivity contribution in [3.05, 3.63) is 0 Å². The van der Waals surface area contributed by atoms with Crippen molar-refractivity contribution in [2.45, 2.75) is 44.8 Å². The van der Waals surface area contributed by atoms with Crippen molar-refractivity contribution in [1.82, 2.24) is 5.32 Å². The number of rotatable bonds is 9. The maximum absolute atomic E-state index is 11.8. The molecule has 0 heterocycles. The minimum absolute atomic E-state index is 0.0617. The number of carbonyl (C=O) groups excluding carboxylic acids is 1. The van der Waals surface area contributed by atoms with Crippen LogP contribution in [0.15, 0.2) is 0 Å². The molecule has 0 aromatic carbocycles. The average Bonchev–Trinajstić information content (AvgIpc) is 2.24. The van der Waals surface area contributed by atoms with Crippen molar-refractivity contribution < 1.29 is 22.7 Å². The fourth-order valence-corrected chi connectivity index (χ4v) is 1.27. The maximum Gasteiger partial charge on any atom is 0.391 e. The summed E-state index contributed by atoms with van der Waals surface area (Å²) in [6.45, 7) is 3.84. The van der Waals surface area contributed by atoms with Gasteiger partial charge in [-0.05, 0) is 26.3 Å². The minimum Gasteiger partial charge on any atom is -0.381 e. The summed E-state index contributed by atoms with van der Waals surface area (Å²) >= 11 is 0. The van der Waals surface area contributed by atoms with Crippen LogP contribution in [0, 0.1) is 0 Å². The summed E-state index contributed by atoms with van der Waals surface area (Å²) in [5, 5.41) is 2.98. The molecule has 1 atom stereocenters. The number of hydrogen-bond donors (Lipinski definition) is 2. The fourth-order valence-electron chi connectivity index (χ4n) is 1.27. The standard InChI is InChI=1S/C11H21F3N2O2/c1-3-6-16-10(2,9(15)17)4-7-18-8-5-11(12,13)14/h16H,3-8H2,1-2H3,(H2,15,17). The van der Waals surface area contributed by atoms with Gasteiger partial charge >= 0.3 is 6.18 Å². The van der Waals surface area contributed by atoms with Gasteiger partial charge in [-0.2, -0.15) is 13.2 Å². The normalized spacial score (nSPS) is 15.4. The molecule has 0 aliphatic heterocycles. The van der Waals surface area contributed by atoms with Crippen LogP contribution in [0.2, 0.25) is 0 Å². The molecule has 4 nitrogen and oxygen atoms in total. The quantitative estimate of drug-likeness (QED) is 0.625. The summed E-state index contributed by atoms with van der Waals surface area (Å²) in [4.78, 5) is 11.3. The second kappa shape index (κ2) is 7.58. The Morgan fingerprint density at radius 1 is 1.28 bits per heavy atom. The molecule has 0 saturated heterocycles. The van der Waals surface area contributed by atoms with Gasteiger partial charge in [-0.25, -0.2) is 0 Å². The Balaban J connectivity index is 3.95. The Morgan fingerprint density at radius 3 is 2.28 bits per heavy atom. The lowest BCUT2D eigenvalue weighted by molar-refractivity contribution is -0.146. The van der Waals surface area contributed by atoms with Gasteiger partial charge in [0.1, 0.15) is 0 Å². The third-order valence-corrected chi connectivity index (χ3v) is 2.59. The summed E-state index contributed by atoms with van der Waals surface area (Å²) in [6.07, 6.45) is -4.12. The topological polar surface area (TPSA) is 64.3 Å². The van der Waals surface area contributed by atoms with E-state index in [-0.39, 0.29) is 13.0 Å². The molecular weight excluding hydrogens is 249 g/mol. The van der Waals surface area contributed by atoms with E-state index in [9.17, 15) is 18.0 Å². The van der Waals surface area contributed by atoms with Gasteiger partial charge in [0, 0.05) is 6.61 Å². The highest BCUT2D eigenvalue weighted by Gasteiger charge is 2.30. The van der Waals surface area contributed by atoms with Gasteiger partial charge in [-0.1, -0.05) is 6.92 Å². The first-order valence-corrected chi connectivity index (χ1v) is 5.90. The van der Waals surface area contributed by atoms with Gasteiger partial charge in [-0.15, -0.1) is 0 Å². The van der Waals surface area contributed by atoms with Crippen molar-refractivity contribution in [1.29, 1.82) is 0 Å². The molecule has 0 aliphatic carbocycles. The Kier molecular flexibility index (Phi) is 7.23. The third kappa shape index (κ3) is 7.50. The van der Waals surface area contributed by atoms with E-state index in [0.29, 0.717) is 6.54 Å². The van der Waals surface area contributed by atoms with Gasteiger partial charge < -0.3 is 15.8 Å².